The molecule has 0 aromatic heterocycles. The molecule has 0 fully saturated rings. The summed E-state index contributed by atoms with van der Waals surface area (Å²) in [6, 6.07) is 4.51. The molecule has 0 bridgehead atoms. The Morgan fingerprint density at radius 3 is 2.53 bits per heavy atom. The molecule has 1 aromatic rings. The van der Waals surface area contributed by atoms with Gasteiger partial charge in [-0.15, -0.1) is 0 Å². The lowest BCUT2D eigenvalue weighted by molar-refractivity contribution is -0.0885. The first-order chi connectivity index (χ1) is 8.77. The number of Topliss-reactive ketones (excluding diaryl/α,β-unsaturated/α-hetero) is 1. The molecular formula is C12H14F3NO3. The highest BCUT2D eigenvalue weighted by molar-refractivity contribution is 6.00. The molecule has 0 aliphatic rings. The number of benzene rings is 1. The molecule has 2 unspecified atom stereocenters. The van der Waals surface area contributed by atoms with Gasteiger partial charge in [-0.05, 0) is 18.7 Å². The summed E-state index contributed by atoms with van der Waals surface area (Å²) in [6.45, 7) is 0.0681. The summed E-state index contributed by atoms with van der Waals surface area (Å²) in [5.41, 5.74) is -0.515. The van der Waals surface area contributed by atoms with Crippen molar-refractivity contribution in [3.05, 3.63) is 35.4 Å². The molecule has 19 heavy (non-hydrogen) atoms. The molecule has 1 rings (SSSR count). The molecule has 106 valence electrons. The van der Waals surface area contributed by atoms with E-state index in [0.717, 1.165) is 12.1 Å². The highest BCUT2D eigenvalue weighted by Gasteiger charge is 2.39. The average molecular weight is 277 g/mol. The largest absolute Gasteiger partial charge is 0.454 e. The predicted octanol–water partition coefficient (Wildman–Crippen LogP) is 1.05. The first-order valence-electron chi connectivity index (χ1n) is 5.49. The fraction of sp³-hybridized carbons (Fsp3) is 0.417. The fourth-order valence-corrected chi connectivity index (χ4v) is 1.57. The summed E-state index contributed by atoms with van der Waals surface area (Å²) in [5.74, 6) is -1.98. The summed E-state index contributed by atoms with van der Waals surface area (Å²) in [7, 11) is 1.56. The molecule has 0 amide bonds. The van der Waals surface area contributed by atoms with Gasteiger partial charge in [0.2, 0.25) is 0 Å². The number of nitrogens with one attached hydrogen (secondary N) is 1. The topological polar surface area (TPSA) is 69.6 Å². The summed E-state index contributed by atoms with van der Waals surface area (Å²) in [5, 5.41) is 21.9. The molecule has 0 saturated heterocycles. The van der Waals surface area contributed by atoms with Crippen molar-refractivity contribution in [2.24, 2.45) is 0 Å². The number of alkyl halides is 3. The van der Waals surface area contributed by atoms with Crippen molar-refractivity contribution in [1.29, 1.82) is 0 Å². The van der Waals surface area contributed by atoms with Crippen LogP contribution in [0.4, 0.5) is 13.2 Å². The van der Waals surface area contributed by atoms with Gasteiger partial charge < -0.3 is 15.5 Å². The number of carbonyl (C=O) groups excluding carboxylic acids is 1. The van der Waals surface area contributed by atoms with Crippen molar-refractivity contribution in [3.8, 4) is 0 Å². The van der Waals surface area contributed by atoms with E-state index in [0.29, 0.717) is 0 Å². The highest BCUT2D eigenvalue weighted by atomic mass is 19.4. The van der Waals surface area contributed by atoms with Crippen LogP contribution in [-0.2, 0) is 0 Å². The van der Waals surface area contributed by atoms with E-state index < -0.39 is 29.7 Å². The Morgan fingerprint density at radius 1 is 1.37 bits per heavy atom. The van der Waals surface area contributed by atoms with Crippen molar-refractivity contribution in [1.82, 2.24) is 5.32 Å². The van der Waals surface area contributed by atoms with Crippen LogP contribution >= 0.6 is 0 Å². The quantitative estimate of drug-likeness (QED) is 0.704. The third-order valence-electron chi connectivity index (χ3n) is 2.53. The second-order valence-corrected chi connectivity index (χ2v) is 4.02. The van der Waals surface area contributed by atoms with E-state index in [-0.39, 0.29) is 12.1 Å². The molecule has 7 heteroatoms. The van der Waals surface area contributed by atoms with Gasteiger partial charge in [-0.2, -0.15) is 13.2 Å². The minimum atomic E-state index is -4.97. The number of likely N-dealkylation sites (N-methyl/N-ethyl adjacent to an activating group) is 1. The molecule has 0 spiro atoms. The summed E-state index contributed by atoms with van der Waals surface area (Å²) in [4.78, 5) is 11.1. The lowest BCUT2D eigenvalue weighted by Gasteiger charge is -2.18. The molecule has 0 heterocycles. The molecule has 3 N–H and O–H groups in total. The predicted molar refractivity (Wildman–Crippen MR) is 61.7 cm³/mol. The van der Waals surface area contributed by atoms with Gasteiger partial charge in [0.15, 0.2) is 0 Å². The van der Waals surface area contributed by atoms with Gasteiger partial charge in [0.05, 0.1) is 6.10 Å². The highest BCUT2D eigenvalue weighted by Crippen LogP contribution is 2.24. The molecular weight excluding hydrogens is 263 g/mol. The number of carbonyl (C=O) groups is 1. The molecule has 2 atom stereocenters. The number of aliphatic hydroxyl groups excluding tert-OH is 2. The summed E-state index contributed by atoms with van der Waals surface area (Å²) >= 11 is 0. The van der Waals surface area contributed by atoms with Crippen LogP contribution in [0.3, 0.4) is 0 Å². The zero-order valence-corrected chi connectivity index (χ0v) is 10.1. The van der Waals surface area contributed by atoms with Crippen LogP contribution in [0.25, 0.3) is 0 Å². The normalized spacial score (nSPS) is 15.1. The monoisotopic (exact) mass is 277 g/mol. The smallest absolute Gasteiger partial charge is 0.389 e. The van der Waals surface area contributed by atoms with Crippen molar-refractivity contribution >= 4 is 5.78 Å². The van der Waals surface area contributed by atoms with Gasteiger partial charge in [-0.1, -0.05) is 18.2 Å². The van der Waals surface area contributed by atoms with E-state index in [9.17, 15) is 28.2 Å². The number of ketones is 1. The molecule has 0 aliphatic heterocycles. The van der Waals surface area contributed by atoms with Gasteiger partial charge in [0.25, 0.3) is 5.78 Å². The minimum absolute atomic E-state index is 0.0536. The van der Waals surface area contributed by atoms with E-state index in [1.807, 2.05) is 0 Å². The summed E-state index contributed by atoms with van der Waals surface area (Å²) in [6.07, 6.45) is -7.51. The van der Waals surface area contributed by atoms with Crippen LogP contribution in [0.5, 0.6) is 0 Å². The van der Waals surface area contributed by atoms with E-state index >= 15 is 0 Å². The number of aliphatic hydroxyl groups is 2. The Morgan fingerprint density at radius 2 is 2.00 bits per heavy atom. The lowest BCUT2D eigenvalue weighted by atomic mass is 10.00. The minimum Gasteiger partial charge on any atom is -0.389 e. The molecule has 0 saturated carbocycles. The summed E-state index contributed by atoms with van der Waals surface area (Å²) < 4.78 is 36.8. The van der Waals surface area contributed by atoms with E-state index in [1.165, 1.54) is 12.1 Å². The van der Waals surface area contributed by atoms with Crippen molar-refractivity contribution in [2.45, 2.75) is 18.4 Å². The first kappa shape index (κ1) is 15.6. The van der Waals surface area contributed by atoms with Gasteiger partial charge >= 0.3 is 6.18 Å². The van der Waals surface area contributed by atoms with Gasteiger partial charge in [-0.25, -0.2) is 0 Å². The van der Waals surface area contributed by atoms with Crippen LogP contribution in [-0.4, -0.2) is 41.9 Å². The Bertz CT molecular complexity index is 448. The van der Waals surface area contributed by atoms with E-state index in [2.05, 4.69) is 5.32 Å². The first-order valence-corrected chi connectivity index (χ1v) is 5.49. The number of rotatable bonds is 5. The molecule has 0 aliphatic carbocycles. The standard InChI is InChI=1S/C12H14F3NO3/c1-16-6-9(17)10(18)7-3-2-4-8(5-7)11(19)12(13,14)15/h2-5,9-10,16-18H,6H2,1H3. The van der Waals surface area contributed by atoms with Gasteiger partial charge in [0.1, 0.15) is 6.10 Å². The van der Waals surface area contributed by atoms with Gasteiger partial charge in [-0.3, -0.25) is 4.79 Å². The Balaban J connectivity index is 2.97. The second kappa shape index (κ2) is 6.14. The van der Waals surface area contributed by atoms with Crippen molar-refractivity contribution < 1.29 is 28.2 Å². The maximum Gasteiger partial charge on any atom is 0.454 e. The fourth-order valence-electron chi connectivity index (χ4n) is 1.57. The van der Waals surface area contributed by atoms with Crippen LogP contribution in [0.1, 0.15) is 22.0 Å². The maximum atomic E-state index is 12.3. The second-order valence-electron chi connectivity index (χ2n) is 4.02. The van der Waals surface area contributed by atoms with Gasteiger partial charge in [0, 0.05) is 12.1 Å². The van der Waals surface area contributed by atoms with E-state index in [1.54, 1.807) is 7.05 Å². The Kier molecular flexibility index (Phi) is 5.04. The Hall–Kier alpha value is -1.44. The maximum absolute atomic E-state index is 12.3. The average Bonchev–Trinajstić information content (AvgIpc) is 2.36. The number of hydrogen-bond donors (Lipinski definition) is 3. The van der Waals surface area contributed by atoms with Crippen molar-refractivity contribution in [2.75, 3.05) is 13.6 Å². The number of hydrogen-bond acceptors (Lipinski definition) is 4. The SMILES string of the molecule is CNCC(O)C(O)c1cccc(C(=O)C(F)(F)F)c1. The lowest BCUT2D eigenvalue weighted by Crippen LogP contribution is -2.30. The van der Waals surface area contributed by atoms with E-state index in [4.69, 9.17) is 0 Å². The van der Waals surface area contributed by atoms with Crippen LogP contribution < -0.4 is 5.32 Å². The van der Waals surface area contributed by atoms with Crippen molar-refractivity contribution in [3.63, 3.8) is 0 Å². The van der Waals surface area contributed by atoms with Crippen LogP contribution in [0, 0.1) is 0 Å². The molecule has 1 aromatic carbocycles. The number of halogens is 3. The third-order valence-corrected chi connectivity index (χ3v) is 2.53. The Labute approximate surface area is 107 Å². The zero-order valence-electron chi connectivity index (χ0n) is 10.1. The van der Waals surface area contributed by atoms with Crippen LogP contribution in [0.2, 0.25) is 0 Å². The zero-order chi connectivity index (χ0) is 14.6. The third kappa shape index (κ3) is 4.02. The van der Waals surface area contributed by atoms with Crippen LogP contribution in [0.15, 0.2) is 24.3 Å². The molecule has 0 radical (unpaired) electrons. The molecule has 4 nitrogen and oxygen atoms in total.